The van der Waals surface area contributed by atoms with Crippen LogP contribution in [-0.2, 0) is 0 Å². The number of amides is 2. The molecule has 0 aliphatic heterocycles. The number of nitrogens with one attached hydrogen (secondary N) is 2. The Hall–Kier alpha value is -0.420. The van der Waals surface area contributed by atoms with E-state index in [4.69, 9.17) is 0 Å². The van der Waals surface area contributed by atoms with Gasteiger partial charge in [-0.1, -0.05) is 13.3 Å². The standard InChI is InChI=1S/C14H26N2O2S/c1-14(9-17)7-3-4-12(14)16-13(18)15-10-5-6-11(8-10)19-2/h10-12,17H,3-9H2,1-2H3,(H2,15,16,18). The van der Waals surface area contributed by atoms with Gasteiger partial charge >= 0.3 is 6.03 Å². The van der Waals surface area contributed by atoms with Crippen LogP contribution in [0.3, 0.4) is 0 Å². The number of carbonyl (C=O) groups is 1. The zero-order valence-corrected chi connectivity index (χ0v) is 12.8. The Labute approximate surface area is 120 Å². The minimum absolute atomic E-state index is 0.0571. The largest absolute Gasteiger partial charge is 0.396 e. The molecule has 0 aromatic carbocycles. The SMILES string of the molecule is CSC1CCC(NC(=O)NC2CCCC2(C)CO)C1. The lowest BCUT2D eigenvalue weighted by Gasteiger charge is -2.30. The highest BCUT2D eigenvalue weighted by Gasteiger charge is 2.39. The third kappa shape index (κ3) is 3.57. The molecule has 110 valence electrons. The van der Waals surface area contributed by atoms with Gasteiger partial charge in [-0.15, -0.1) is 0 Å². The number of rotatable bonds is 4. The number of hydrogen-bond donors (Lipinski definition) is 3. The van der Waals surface area contributed by atoms with E-state index >= 15 is 0 Å². The Morgan fingerprint density at radius 1 is 1.37 bits per heavy atom. The molecule has 0 saturated heterocycles. The van der Waals surface area contributed by atoms with Gasteiger partial charge in [-0.05, 0) is 38.4 Å². The topological polar surface area (TPSA) is 61.4 Å². The summed E-state index contributed by atoms with van der Waals surface area (Å²) < 4.78 is 0. The molecule has 4 unspecified atom stereocenters. The fourth-order valence-electron chi connectivity index (χ4n) is 3.34. The lowest BCUT2D eigenvalue weighted by atomic mass is 9.86. The molecule has 3 N–H and O–H groups in total. The summed E-state index contributed by atoms with van der Waals surface area (Å²) in [6.45, 7) is 2.21. The molecular weight excluding hydrogens is 260 g/mol. The monoisotopic (exact) mass is 286 g/mol. The molecule has 0 bridgehead atoms. The molecule has 0 spiro atoms. The summed E-state index contributed by atoms with van der Waals surface area (Å²) in [6, 6.07) is 0.368. The van der Waals surface area contributed by atoms with Crippen LogP contribution in [-0.4, -0.2) is 41.3 Å². The highest BCUT2D eigenvalue weighted by molar-refractivity contribution is 7.99. The fourth-order valence-corrected chi connectivity index (χ4v) is 4.14. The quantitative estimate of drug-likeness (QED) is 0.742. The molecule has 2 rings (SSSR count). The molecule has 0 aromatic rings. The summed E-state index contributed by atoms with van der Waals surface area (Å²) in [7, 11) is 0. The number of thioether (sulfide) groups is 1. The van der Waals surface area contributed by atoms with Crippen molar-refractivity contribution in [1.29, 1.82) is 0 Å². The zero-order valence-electron chi connectivity index (χ0n) is 11.9. The average Bonchev–Trinajstić information content (AvgIpc) is 2.98. The van der Waals surface area contributed by atoms with Crippen LogP contribution in [0.25, 0.3) is 0 Å². The van der Waals surface area contributed by atoms with Crippen LogP contribution in [0.15, 0.2) is 0 Å². The molecule has 2 fully saturated rings. The third-order valence-corrected chi connectivity index (χ3v) is 5.90. The first kappa shape index (κ1) is 15.0. The van der Waals surface area contributed by atoms with Crippen molar-refractivity contribution in [1.82, 2.24) is 10.6 Å². The maximum absolute atomic E-state index is 12.0. The Bertz CT molecular complexity index is 327. The van der Waals surface area contributed by atoms with Gasteiger partial charge in [0.05, 0.1) is 6.61 Å². The van der Waals surface area contributed by atoms with E-state index in [1.54, 1.807) is 0 Å². The normalized spacial score (nSPS) is 38.4. The van der Waals surface area contributed by atoms with Crippen LogP contribution < -0.4 is 10.6 Å². The van der Waals surface area contributed by atoms with E-state index < -0.39 is 0 Å². The predicted molar refractivity (Wildman–Crippen MR) is 79.4 cm³/mol. The van der Waals surface area contributed by atoms with Gasteiger partial charge in [0.25, 0.3) is 0 Å². The second-order valence-electron chi connectivity index (χ2n) is 6.24. The molecule has 0 aromatic heterocycles. The summed E-state index contributed by atoms with van der Waals surface area (Å²) in [5.41, 5.74) is -0.144. The van der Waals surface area contributed by atoms with Crippen molar-refractivity contribution in [2.75, 3.05) is 12.9 Å². The second-order valence-corrected chi connectivity index (χ2v) is 7.38. The summed E-state index contributed by atoms with van der Waals surface area (Å²) in [5.74, 6) is 0. The van der Waals surface area contributed by atoms with Crippen LogP contribution in [0, 0.1) is 5.41 Å². The number of carbonyl (C=O) groups excluding carboxylic acids is 1. The molecule has 5 heteroatoms. The number of aliphatic hydroxyl groups is 1. The van der Waals surface area contributed by atoms with Crippen LogP contribution in [0.4, 0.5) is 4.79 Å². The fraction of sp³-hybridized carbons (Fsp3) is 0.929. The van der Waals surface area contributed by atoms with Gasteiger partial charge in [0.2, 0.25) is 0 Å². The van der Waals surface area contributed by atoms with E-state index in [0.717, 1.165) is 32.1 Å². The first-order valence-corrected chi connectivity index (χ1v) is 8.57. The van der Waals surface area contributed by atoms with Crippen LogP contribution in [0.5, 0.6) is 0 Å². The smallest absolute Gasteiger partial charge is 0.315 e. The van der Waals surface area contributed by atoms with Crippen molar-refractivity contribution < 1.29 is 9.90 Å². The first-order chi connectivity index (χ1) is 9.07. The molecular formula is C14H26N2O2S. The van der Waals surface area contributed by atoms with Crippen molar-refractivity contribution >= 4 is 17.8 Å². The number of hydrogen-bond acceptors (Lipinski definition) is 3. The average molecular weight is 286 g/mol. The first-order valence-electron chi connectivity index (χ1n) is 7.28. The molecule has 2 aliphatic carbocycles. The molecule has 2 aliphatic rings. The Morgan fingerprint density at radius 3 is 2.79 bits per heavy atom. The molecule has 19 heavy (non-hydrogen) atoms. The maximum atomic E-state index is 12.0. The van der Waals surface area contributed by atoms with Gasteiger partial charge in [-0.2, -0.15) is 11.8 Å². The van der Waals surface area contributed by atoms with Crippen molar-refractivity contribution in [3.63, 3.8) is 0 Å². The van der Waals surface area contributed by atoms with Gasteiger partial charge in [-0.25, -0.2) is 4.79 Å². The summed E-state index contributed by atoms with van der Waals surface area (Å²) >= 11 is 1.89. The van der Waals surface area contributed by atoms with E-state index in [0.29, 0.717) is 11.3 Å². The summed E-state index contributed by atoms with van der Waals surface area (Å²) in [5, 5.41) is 16.3. The minimum atomic E-state index is -0.144. The zero-order chi connectivity index (χ0) is 13.9. The molecule has 4 nitrogen and oxygen atoms in total. The molecule has 0 heterocycles. The van der Waals surface area contributed by atoms with E-state index in [1.165, 1.54) is 6.42 Å². The summed E-state index contributed by atoms with van der Waals surface area (Å²) in [6.07, 6.45) is 8.55. The van der Waals surface area contributed by atoms with Gasteiger partial charge in [0.15, 0.2) is 0 Å². The van der Waals surface area contributed by atoms with Gasteiger partial charge in [0, 0.05) is 22.7 Å². The van der Waals surface area contributed by atoms with E-state index in [2.05, 4.69) is 23.8 Å². The molecule has 2 amide bonds. The Balaban J connectivity index is 1.78. The minimum Gasteiger partial charge on any atom is -0.396 e. The lowest BCUT2D eigenvalue weighted by molar-refractivity contribution is 0.120. The third-order valence-electron chi connectivity index (χ3n) is 4.80. The van der Waals surface area contributed by atoms with Crippen LogP contribution >= 0.6 is 11.8 Å². The van der Waals surface area contributed by atoms with Crippen LogP contribution in [0.1, 0.15) is 45.4 Å². The maximum Gasteiger partial charge on any atom is 0.315 e. The number of aliphatic hydroxyl groups excluding tert-OH is 1. The molecule has 0 radical (unpaired) electrons. The Kier molecular flexibility index (Phi) is 5.01. The highest BCUT2D eigenvalue weighted by atomic mass is 32.2. The van der Waals surface area contributed by atoms with Crippen molar-refractivity contribution in [3.8, 4) is 0 Å². The van der Waals surface area contributed by atoms with Gasteiger partial charge < -0.3 is 15.7 Å². The van der Waals surface area contributed by atoms with Crippen molar-refractivity contribution in [3.05, 3.63) is 0 Å². The van der Waals surface area contributed by atoms with Crippen molar-refractivity contribution in [2.45, 2.75) is 62.8 Å². The molecule has 2 saturated carbocycles. The van der Waals surface area contributed by atoms with E-state index in [1.807, 2.05) is 11.8 Å². The lowest BCUT2D eigenvalue weighted by Crippen LogP contribution is -2.50. The highest BCUT2D eigenvalue weighted by Crippen LogP contribution is 2.37. The summed E-state index contributed by atoms with van der Waals surface area (Å²) in [4.78, 5) is 12.0. The van der Waals surface area contributed by atoms with E-state index in [-0.39, 0.29) is 24.1 Å². The van der Waals surface area contributed by atoms with Gasteiger partial charge in [0.1, 0.15) is 0 Å². The van der Waals surface area contributed by atoms with Crippen LogP contribution in [0.2, 0.25) is 0 Å². The Morgan fingerprint density at radius 2 is 2.16 bits per heavy atom. The second kappa shape index (κ2) is 6.35. The molecule has 4 atom stereocenters. The van der Waals surface area contributed by atoms with E-state index in [9.17, 15) is 9.90 Å². The van der Waals surface area contributed by atoms with Gasteiger partial charge in [-0.3, -0.25) is 0 Å². The predicted octanol–water partition coefficient (Wildman–Crippen LogP) is 2.12. The number of urea groups is 1. The van der Waals surface area contributed by atoms with Crippen molar-refractivity contribution in [2.24, 2.45) is 5.41 Å².